The Morgan fingerprint density at radius 3 is 2.56 bits per heavy atom. The molecule has 18 heavy (non-hydrogen) atoms. The second-order valence-corrected chi connectivity index (χ2v) is 6.07. The molecule has 1 aromatic rings. The van der Waals surface area contributed by atoms with E-state index in [2.05, 4.69) is 19.0 Å². The van der Waals surface area contributed by atoms with Gasteiger partial charge in [-0.15, -0.1) is 0 Å². The van der Waals surface area contributed by atoms with Crippen LogP contribution in [-0.2, 0) is 5.60 Å². The Labute approximate surface area is 115 Å². The zero-order chi connectivity index (χ0) is 13.2. The Kier molecular flexibility index (Phi) is 4.31. The standard InChI is InChI=1S/C15H22ClNO/c1-17(2)11-13-5-3-4-10-15(13,18)12-6-8-14(16)9-7-12/h6-9,13,18H,3-5,10-11H2,1-2H3. The quantitative estimate of drug-likeness (QED) is 0.909. The maximum atomic E-state index is 11.1. The molecule has 2 atom stereocenters. The highest BCUT2D eigenvalue weighted by atomic mass is 35.5. The number of aliphatic hydroxyl groups is 1. The molecule has 2 nitrogen and oxygen atoms in total. The molecular weight excluding hydrogens is 246 g/mol. The zero-order valence-corrected chi connectivity index (χ0v) is 12.0. The third kappa shape index (κ3) is 2.87. The monoisotopic (exact) mass is 267 g/mol. The van der Waals surface area contributed by atoms with Crippen LogP contribution < -0.4 is 0 Å². The molecule has 0 bridgehead atoms. The summed E-state index contributed by atoms with van der Waals surface area (Å²) in [5, 5.41) is 11.8. The fourth-order valence-electron chi connectivity index (χ4n) is 3.03. The summed E-state index contributed by atoms with van der Waals surface area (Å²) in [6, 6.07) is 7.68. The molecule has 0 aliphatic heterocycles. The van der Waals surface area contributed by atoms with Gasteiger partial charge < -0.3 is 10.0 Å². The van der Waals surface area contributed by atoms with E-state index in [1.165, 1.54) is 6.42 Å². The van der Waals surface area contributed by atoms with E-state index < -0.39 is 5.60 Å². The second-order valence-electron chi connectivity index (χ2n) is 5.64. The lowest BCUT2D eigenvalue weighted by atomic mass is 9.71. The molecule has 1 aliphatic carbocycles. The van der Waals surface area contributed by atoms with Crippen molar-refractivity contribution in [3.8, 4) is 0 Å². The summed E-state index contributed by atoms with van der Waals surface area (Å²) in [4.78, 5) is 2.16. The summed E-state index contributed by atoms with van der Waals surface area (Å²) in [5.41, 5.74) is 0.325. The lowest BCUT2D eigenvalue weighted by molar-refractivity contribution is -0.0618. The molecule has 0 heterocycles. The van der Waals surface area contributed by atoms with E-state index in [0.717, 1.165) is 36.4 Å². The van der Waals surface area contributed by atoms with Crippen LogP contribution in [0.1, 0.15) is 31.2 Å². The van der Waals surface area contributed by atoms with E-state index >= 15 is 0 Å². The minimum absolute atomic E-state index is 0.308. The predicted molar refractivity (Wildman–Crippen MR) is 75.9 cm³/mol. The SMILES string of the molecule is CN(C)CC1CCCCC1(O)c1ccc(Cl)cc1. The maximum Gasteiger partial charge on any atom is 0.0936 e. The van der Waals surface area contributed by atoms with Crippen molar-refractivity contribution in [2.24, 2.45) is 5.92 Å². The molecule has 1 N–H and O–H groups in total. The number of halogens is 1. The van der Waals surface area contributed by atoms with Crippen LogP contribution >= 0.6 is 11.6 Å². The van der Waals surface area contributed by atoms with Gasteiger partial charge >= 0.3 is 0 Å². The zero-order valence-electron chi connectivity index (χ0n) is 11.2. The van der Waals surface area contributed by atoms with Gasteiger partial charge in [-0.3, -0.25) is 0 Å². The van der Waals surface area contributed by atoms with E-state index in [4.69, 9.17) is 11.6 Å². The first-order chi connectivity index (χ1) is 8.52. The third-order valence-electron chi connectivity index (χ3n) is 3.97. The molecule has 0 saturated heterocycles. The highest BCUT2D eigenvalue weighted by Crippen LogP contribution is 2.42. The van der Waals surface area contributed by atoms with E-state index in [-0.39, 0.29) is 0 Å². The molecule has 1 fully saturated rings. The number of hydrogen-bond donors (Lipinski definition) is 1. The van der Waals surface area contributed by atoms with Gasteiger partial charge in [-0.2, -0.15) is 0 Å². The van der Waals surface area contributed by atoms with Gasteiger partial charge in [0, 0.05) is 17.5 Å². The molecule has 0 amide bonds. The van der Waals surface area contributed by atoms with Crippen molar-refractivity contribution in [1.29, 1.82) is 0 Å². The molecule has 3 heteroatoms. The summed E-state index contributed by atoms with van der Waals surface area (Å²) in [5.74, 6) is 0.308. The first-order valence-electron chi connectivity index (χ1n) is 6.65. The van der Waals surface area contributed by atoms with Crippen LogP contribution in [0.25, 0.3) is 0 Å². The lowest BCUT2D eigenvalue weighted by Crippen LogP contribution is -2.43. The Bertz CT molecular complexity index is 390. The van der Waals surface area contributed by atoms with Crippen molar-refractivity contribution < 1.29 is 5.11 Å². The van der Waals surface area contributed by atoms with Gasteiger partial charge in [0.15, 0.2) is 0 Å². The average molecular weight is 268 g/mol. The summed E-state index contributed by atoms with van der Waals surface area (Å²) in [6.07, 6.45) is 4.27. The number of rotatable bonds is 3. The molecule has 1 aliphatic rings. The third-order valence-corrected chi connectivity index (χ3v) is 4.22. The normalized spacial score (nSPS) is 28.6. The molecule has 1 aromatic carbocycles. The van der Waals surface area contributed by atoms with E-state index in [1.54, 1.807) is 0 Å². The summed E-state index contributed by atoms with van der Waals surface area (Å²) in [7, 11) is 4.13. The van der Waals surface area contributed by atoms with Gasteiger partial charge in [-0.1, -0.05) is 36.6 Å². The second kappa shape index (κ2) is 5.60. The highest BCUT2D eigenvalue weighted by Gasteiger charge is 2.40. The molecular formula is C15H22ClNO. The molecule has 0 aromatic heterocycles. The van der Waals surface area contributed by atoms with E-state index in [0.29, 0.717) is 5.92 Å². The number of benzene rings is 1. The van der Waals surface area contributed by atoms with Crippen molar-refractivity contribution in [1.82, 2.24) is 4.90 Å². The molecule has 0 spiro atoms. The van der Waals surface area contributed by atoms with Gasteiger partial charge in [0.25, 0.3) is 0 Å². The Hall–Kier alpha value is -0.570. The number of hydrogen-bond acceptors (Lipinski definition) is 2. The fraction of sp³-hybridized carbons (Fsp3) is 0.600. The Morgan fingerprint density at radius 1 is 1.28 bits per heavy atom. The first-order valence-corrected chi connectivity index (χ1v) is 7.03. The van der Waals surface area contributed by atoms with Crippen molar-refractivity contribution >= 4 is 11.6 Å². The van der Waals surface area contributed by atoms with Gasteiger partial charge in [0.05, 0.1) is 5.60 Å². The summed E-state index contributed by atoms with van der Waals surface area (Å²) < 4.78 is 0. The van der Waals surface area contributed by atoms with Gasteiger partial charge in [0.1, 0.15) is 0 Å². The first kappa shape index (κ1) is 13.9. The largest absolute Gasteiger partial charge is 0.385 e. The van der Waals surface area contributed by atoms with Crippen LogP contribution in [0.5, 0.6) is 0 Å². The van der Waals surface area contributed by atoms with Crippen molar-refractivity contribution in [3.63, 3.8) is 0 Å². The van der Waals surface area contributed by atoms with Crippen LogP contribution in [0.3, 0.4) is 0 Å². The van der Waals surface area contributed by atoms with E-state index in [9.17, 15) is 5.11 Å². The minimum atomic E-state index is -0.687. The van der Waals surface area contributed by atoms with Gasteiger partial charge in [-0.25, -0.2) is 0 Å². The molecule has 1 saturated carbocycles. The number of nitrogens with zero attached hydrogens (tertiary/aromatic N) is 1. The smallest absolute Gasteiger partial charge is 0.0936 e. The fourth-order valence-corrected chi connectivity index (χ4v) is 3.16. The Morgan fingerprint density at radius 2 is 1.94 bits per heavy atom. The van der Waals surface area contributed by atoms with Crippen LogP contribution in [0.2, 0.25) is 5.02 Å². The summed E-state index contributed by atoms with van der Waals surface area (Å²) >= 11 is 5.93. The minimum Gasteiger partial charge on any atom is -0.385 e. The van der Waals surface area contributed by atoms with Crippen LogP contribution in [0, 0.1) is 5.92 Å². The Balaban J connectivity index is 2.26. The topological polar surface area (TPSA) is 23.5 Å². The highest BCUT2D eigenvalue weighted by molar-refractivity contribution is 6.30. The summed E-state index contributed by atoms with van der Waals surface area (Å²) in [6.45, 7) is 0.930. The van der Waals surface area contributed by atoms with Crippen molar-refractivity contribution in [2.45, 2.75) is 31.3 Å². The lowest BCUT2D eigenvalue weighted by Gasteiger charge is -2.41. The van der Waals surface area contributed by atoms with Crippen LogP contribution in [0.4, 0.5) is 0 Å². The predicted octanol–water partition coefficient (Wildman–Crippen LogP) is 3.28. The van der Waals surface area contributed by atoms with Crippen LogP contribution in [0.15, 0.2) is 24.3 Å². The average Bonchev–Trinajstić information content (AvgIpc) is 2.32. The van der Waals surface area contributed by atoms with Crippen molar-refractivity contribution in [3.05, 3.63) is 34.9 Å². The van der Waals surface area contributed by atoms with Gasteiger partial charge in [-0.05, 0) is 44.6 Å². The van der Waals surface area contributed by atoms with E-state index in [1.807, 2.05) is 24.3 Å². The van der Waals surface area contributed by atoms with Crippen LogP contribution in [-0.4, -0.2) is 30.6 Å². The molecule has 2 unspecified atom stereocenters. The molecule has 2 rings (SSSR count). The molecule has 100 valence electrons. The molecule has 0 radical (unpaired) electrons. The van der Waals surface area contributed by atoms with Gasteiger partial charge in [0.2, 0.25) is 0 Å². The van der Waals surface area contributed by atoms with Crippen molar-refractivity contribution in [2.75, 3.05) is 20.6 Å². The maximum absolute atomic E-state index is 11.1.